The Bertz CT molecular complexity index is 471. The molecule has 0 aliphatic heterocycles. The summed E-state index contributed by atoms with van der Waals surface area (Å²) >= 11 is 3.01. The van der Waals surface area contributed by atoms with Crippen molar-refractivity contribution in [1.29, 1.82) is 0 Å². The smallest absolute Gasteiger partial charge is 0.250 e. The summed E-state index contributed by atoms with van der Waals surface area (Å²) in [5, 5.41) is 3.06. The van der Waals surface area contributed by atoms with E-state index in [0.717, 1.165) is 30.0 Å². The number of hydrogen-bond donors (Lipinski definition) is 2. The minimum absolute atomic E-state index is 0.00265. The van der Waals surface area contributed by atoms with Crippen LogP contribution in [0.3, 0.4) is 0 Å². The summed E-state index contributed by atoms with van der Waals surface area (Å²) in [6.45, 7) is 2.85. The van der Waals surface area contributed by atoms with Crippen LogP contribution in [0.5, 0.6) is 0 Å². The second-order valence-corrected chi connectivity index (χ2v) is 8.28. The highest BCUT2D eigenvalue weighted by Gasteiger charge is 2.20. The number of sulfonamides is 1. The lowest BCUT2D eigenvalue weighted by Gasteiger charge is -2.14. The monoisotopic (exact) mass is 322 g/mol. The second kappa shape index (κ2) is 8.26. The molecule has 4 nitrogen and oxygen atoms in total. The van der Waals surface area contributed by atoms with E-state index in [2.05, 4.69) is 10.0 Å². The molecule has 0 spiro atoms. The van der Waals surface area contributed by atoms with Crippen molar-refractivity contribution in [3.05, 3.63) is 17.0 Å². The highest BCUT2D eigenvalue weighted by atomic mass is 32.2. The van der Waals surface area contributed by atoms with Crippen LogP contribution in [0.1, 0.15) is 18.2 Å². The van der Waals surface area contributed by atoms with Crippen LogP contribution in [-0.2, 0) is 16.4 Å². The van der Waals surface area contributed by atoms with Crippen molar-refractivity contribution in [2.75, 3.05) is 25.6 Å². The normalized spacial score (nSPS) is 13.6. The lowest BCUT2D eigenvalue weighted by Crippen LogP contribution is -2.35. The summed E-state index contributed by atoms with van der Waals surface area (Å²) in [7, 11) is -1.47. The molecule has 2 N–H and O–H groups in total. The van der Waals surface area contributed by atoms with Gasteiger partial charge in [-0.15, -0.1) is 11.3 Å². The van der Waals surface area contributed by atoms with Gasteiger partial charge in [0.1, 0.15) is 4.21 Å². The third-order valence-electron chi connectivity index (χ3n) is 2.71. The average Bonchev–Trinajstić information content (AvgIpc) is 2.85. The molecule has 0 amide bonds. The van der Waals surface area contributed by atoms with Crippen LogP contribution in [-0.4, -0.2) is 40.1 Å². The molecule has 0 radical (unpaired) electrons. The first kappa shape index (κ1) is 17.0. The van der Waals surface area contributed by atoms with Crippen LogP contribution in [0.2, 0.25) is 0 Å². The zero-order valence-corrected chi connectivity index (χ0v) is 14.1. The van der Waals surface area contributed by atoms with Crippen molar-refractivity contribution in [2.24, 2.45) is 0 Å². The fourth-order valence-electron chi connectivity index (χ4n) is 1.60. The molecule has 0 aliphatic rings. The van der Waals surface area contributed by atoms with E-state index < -0.39 is 10.0 Å². The molecule has 1 heterocycles. The summed E-state index contributed by atoms with van der Waals surface area (Å²) in [6.07, 6.45) is 3.65. The summed E-state index contributed by atoms with van der Waals surface area (Å²) in [6, 6.07) is 3.60. The van der Waals surface area contributed by atoms with Gasteiger partial charge in [-0.05, 0) is 44.8 Å². The van der Waals surface area contributed by atoms with Gasteiger partial charge in [-0.2, -0.15) is 11.8 Å². The van der Waals surface area contributed by atoms with E-state index in [9.17, 15) is 8.42 Å². The van der Waals surface area contributed by atoms with Gasteiger partial charge in [0, 0.05) is 16.7 Å². The van der Waals surface area contributed by atoms with Crippen molar-refractivity contribution in [2.45, 2.75) is 30.0 Å². The Morgan fingerprint density at radius 3 is 2.74 bits per heavy atom. The zero-order valence-electron chi connectivity index (χ0n) is 11.6. The predicted octanol–water partition coefficient (Wildman–Crippen LogP) is 1.93. The molecule has 1 aromatic rings. The first-order valence-corrected chi connectivity index (χ1v) is 9.97. The number of thioether (sulfide) groups is 1. The van der Waals surface area contributed by atoms with Crippen LogP contribution in [0.4, 0.5) is 0 Å². The summed E-state index contributed by atoms with van der Waals surface area (Å²) in [5.74, 6) is 0.799. The largest absolute Gasteiger partial charge is 0.319 e. The quantitative estimate of drug-likeness (QED) is 0.729. The van der Waals surface area contributed by atoms with Gasteiger partial charge in [0.15, 0.2) is 0 Å². The van der Waals surface area contributed by atoms with Gasteiger partial charge in [0.25, 0.3) is 0 Å². The maximum Gasteiger partial charge on any atom is 0.250 e. The second-order valence-electron chi connectivity index (χ2n) is 4.26. The highest BCUT2D eigenvalue weighted by molar-refractivity contribution is 7.98. The molecular weight excluding hydrogens is 300 g/mol. The first-order chi connectivity index (χ1) is 9.03. The van der Waals surface area contributed by atoms with E-state index in [0.29, 0.717) is 4.21 Å². The van der Waals surface area contributed by atoms with Crippen LogP contribution in [0.25, 0.3) is 0 Å². The third kappa shape index (κ3) is 5.43. The molecule has 1 aromatic heterocycles. The first-order valence-electron chi connectivity index (χ1n) is 6.28. The number of rotatable bonds is 9. The molecular formula is C12H22N2O2S3. The maximum absolute atomic E-state index is 12.2. The molecule has 0 saturated heterocycles. The maximum atomic E-state index is 12.2. The van der Waals surface area contributed by atoms with Crippen LogP contribution >= 0.6 is 23.1 Å². The lowest BCUT2D eigenvalue weighted by atomic mass is 10.3. The van der Waals surface area contributed by atoms with Gasteiger partial charge in [0.2, 0.25) is 10.0 Å². The van der Waals surface area contributed by atoms with Crippen molar-refractivity contribution in [1.82, 2.24) is 10.0 Å². The fraction of sp³-hybridized carbons (Fsp3) is 0.667. The molecule has 19 heavy (non-hydrogen) atoms. The molecule has 1 rings (SSSR count). The van der Waals surface area contributed by atoms with Crippen molar-refractivity contribution >= 4 is 33.1 Å². The Labute approximate surface area is 124 Å². The zero-order chi connectivity index (χ0) is 14.3. The summed E-state index contributed by atoms with van der Waals surface area (Å²) < 4.78 is 27.7. The molecule has 0 aliphatic carbocycles. The van der Waals surface area contributed by atoms with Gasteiger partial charge < -0.3 is 5.32 Å². The Morgan fingerprint density at radius 2 is 2.16 bits per heavy atom. The fourth-order valence-corrected chi connectivity index (χ4v) is 5.12. The minimum Gasteiger partial charge on any atom is -0.319 e. The van der Waals surface area contributed by atoms with Gasteiger partial charge in [-0.3, -0.25) is 0 Å². The van der Waals surface area contributed by atoms with Crippen molar-refractivity contribution < 1.29 is 8.42 Å². The van der Waals surface area contributed by atoms with Gasteiger partial charge in [-0.25, -0.2) is 13.1 Å². The SMILES string of the molecule is CCC(CSC)NS(=O)(=O)c1ccc(CCNC)s1. The molecule has 0 saturated carbocycles. The topological polar surface area (TPSA) is 58.2 Å². The molecule has 1 atom stereocenters. The summed E-state index contributed by atoms with van der Waals surface area (Å²) in [4.78, 5) is 1.09. The highest BCUT2D eigenvalue weighted by Crippen LogP contribution is 2.22. The number of likely N-dealkylation sites (N-methyl/N-ethyl adjacent to an activating group) is 1. The van der Waals surface area contributed by atoms with Gasteiger partial charge in [-0.1, -0.05) is 6.92 Å². The van der Waals surface area contributed by atoms with E-state index in [1.807, 2.05) is 26.3 Å². The Hall–Kier alpha value is -0.0800. The van der Waals surface area contributed by atoms with Crippen LogP contribution in [0, 0.1) is 0 Å². The van der Waals surface area contributed by atoms with Crippen LogP contribution in [0.15, 0.2) is 16.3 Å². The van der Waals surface area contributed by atoms with E-state index >= 15 is 0 Å². The number of nitrogens with one attached hydrogen (secondary N) is 2. The van der Waals surface area contributed by atoms with Crippen molar-refractivity contribution in [3.63, 3.8) is 0 Å². The average molecular weight is 323 g/mol. The number of hydrogen-bond acceptors (Lipinski definition) is 5. The molecule has 110 valence electrons. The predicted molar refractivity (Wildman–Crippen MR) is 84.7 cm³/mol. The third-order valence-corrected chi connectivity index (χ3v) is 6.60. The van der Waals surface area contributed by atoms with Gasteiger partial charge in [0.05, 0.1) is 0 Å². The van der Waals surface area contributed by atoms with E-state index in [4.69, 9.17) is 0 Å². The Morgan fingerprint density at radius 1 is 1.42 bits per heavy atom. The van der Waals surface area contributed by atoms with E-state index in [1.54, 1.807) is 17.8 Å². The molecule has 0 fully saturated rings. The Balaban J connectivity index is 2.73. The molecule has 7 heteroatoms. The lowest BCUT2D eigenvalue weighted by molar-refractivity contribution is 0.560. The standard InChI is InChI=1S/C12H22N2O2S3/c1-4-10(9-17-3)14-19(15,16)12-6-5-11(18-12)7-8-13-2/h5-6,10,13-14H,4,7-9H2,1-3H3. The summed E-state index contributed by atoms with van der Waals surface area (Å²) in [5.41, 5.74) is 0. The molecule has 1 unspecified atom stereocenters. The van der Waals surface area contributed by atoms with Crippen LogP contribution < -0.4 is 10.0 Å². The number of thiophene rings is 1. The molecule has 0 aromatic carbocycles. The minimum atomic E-state index is -3.36. The Kier molecular flexibility index (Phi) is 7.38. The van der Waals surface area contributed by atoms with E-state index in [-0.39, 0.29) is 6.04 Å². The van der Waals surface area contributed by atoms with Crippen molar-refractivity contribution in [3.8, 4) is 0 Å². The molecule has 0 bridgehead atoms. The van der Waals surface area contributed by atoms with E-state index in [1.165, 1.54) is 11.3 Å². The van der Waals surface area contributed by atoms with Gasteiger partial charge >= 0.3 is 0 Å².